The monoisotopic (exact) mass is 379 g/mol. The molecule has 1 aliphatic rings. The number of furan rings is 1. The first-order valence-electron chi connectivity index (χ1n) is 8.16. The number of methoxy groups -OCH3 is 2. The number of benzene rings is 2. The van der Waals surface area contributed by atoms with Gasteiger partial charge in [0.1, 0.15) is 11.1 Å². The molecule has 0 saturated heterocycles. The summed E-state index contributed by atoms with van der Waals surface area (Å²) in [4.78, 5) is 18.7. The van der Waals surface area contributed by atoms with Crippen LogP contribution in [0, 0.1) is 0 Å². The van der Waals surface area contributed by atoms with Gasteiger partial charge >= 0.3 is 0 Å². The van der Waals surface area contributed by atoms with Crippen LogP contribution in [0.5, 0.6) is 11.5 Å². The molecule has 2 aromatic heterocycles. The molecule has 7 heteroatoms. The van der Waals surface area contributed by atoms with Crippen molar-refractivity contribution in [2.24, 2.45) is 4.99 Å². The van der Waals surface area contributed by atoms with E-state index in [1.165, 1.54) is 32.2 Å². The van der Waals surface area contributed by atoms with Gasteiger partial charge in [0, 0.05) is 11.1 Å². The van der Waals surface area contributed by atoms with Crippen molar-refractivity contribution < 1.29 is 18.3 Å². The maximum absolute atomic E-state index is 13.4. The normalized spacial score (nSPS) is 12.7. The number of rotatable bonds is 2. The minimum absolute atomic E-state index is 0.228. The Labute approximate surface area is 157 Å². The summed E-state index contributed by atoms with van der Waals surface area (Å²) < 4.78 is 22.8. The summed E-state index contributed by atoms with van der Waals surface area (Å²) in [5, 5.41) is 1.41. The van der Waals surface area contributed by atoms with Gasteiger partial charge in [0.2, 0.25) is 11.2 Å². The molecule has 3 heterocycles. The molecule has 0 atom stereocenters. The molecule has 0 N–H and O–H groups in total. The van der Waals surface area contributed by atoms with Crippen LogP contribution in [0.25, 0.3) is 21.9 Å². The lowest BCUT2D eigenvalue weighted by atomic mass is 10.1. The van der Waals surface area contributed by atoms with Gasteiger partial charge in [-0.25, -0.2) is 0 Å². The number of aliphatic imine (C=N–C) groups is 1. The molecule has 0 amide bonds. The SMILES string of the molecule is COc1c2occc2c(OC)c2c(=O)c3c(oc12)Sc1ccccc1N=C3. The van der Waals surface area contributed by atoms with Crippen molar-refractivity contribution in [2.45, 2.75) is 9.99 Å². The van der Waals surface area contributed by atoms with Crippen molar-refractivity contribution in [3.8, 4) is 11.5 Å². The van der Waals surface area contributed by atoms with Gasteiger partial charge < -0.3 is 18.3 Å². The van der Waals surface area contributed by atoms with E-state index in [2.05, 4.69) is 4.99 Å². The van der Waals surface area contributed by atoms with E-state index < -0.39 is 0 Å². The third-order valence-electron chi connectivity index (χ3n) is 4.47. The average molecular weight is 379 g/mol. The smallest absolute Gasteiger partial charge is 0.206 e. The van der Waals surface area contributed by atoms with E-state index in [-0.39, 0.29) is 5.43 Å². The molecular formula is C20H13NO5S. The van der Waals surface area contributed by atoms with Gasteiger partial charge in [0.05, 0.1) is 37.1 Å². The van der Waals surface area contributed by atoms with Crippen LogP contribution in [-0.2, 0) is 0 Å². The minimum Gasteiger partial charge on any atom is -0.495 e. The Morgan fingerprint density at radius 2 is 1.85 bits per heavy atom. The number of ether oxygens (including phenoxy) is 2. The summed E-state index contributed by atoms with van der Waals surface area (Å²) in [6.45, 7) is 0. The molecule has 27 heavy (non-hydrogen) atoms. The first-order chi connectivity index (χ1) is 13.2. The minimum atomic E-state index is -0.228. The van der Waals surface area contributed by atoms with Gasteiger partial charge in [0.15, 0.2) is 16.3 Å². The molecule has 0 spiro atoms. The van der Waals surface area contributed by atoms with Crippen LogP contribution in [0.4, 0.5) is 5.69 Å². The number of hydrogen-bond donors (Lipinski definition) is 0. The third kappa shape index (κ3) is 2.21. The summed E-state index contributed by atoms with van der Waals surface area (Å²) in [5.41, 5.74) is 1.70. The largest absolute Gasteiger partial charge is 0.495 e. The van der Waals surface area contributed by atoms with Crippen LogP contribution in [0.2, 0.25) is 0 Å². The van der Waals surface area contributed by atoms with Crippen molar-refractivity contribution in [2.75, 3.05) is 14.2 Å². The quantitative estimate of drug-likeness (QED) is 0.440. The molecule has 4 aromatic rings. The topological polar surface area (TPSA) is 74.2 Å². The van der Waals surface area contributed by atoms with Gasteiger partial charge in [-0.05, 0) is 30.0 Å². The first kappa shape index (κ1) is 16.0. The van der Waals surface area contributed by atoms with E-state index in [1.807, 2.05) is 24.3 Å². The zero-order valence-corrected chi connectivity index (χ0v) is 15.3. The molecule has 6 nitrogen and oxygen atoms in total. The van der Waals surface area contributed by atoms with Crippen molar-refractivity contribution in [1.29, 1.82) is 0 Å². The fourth-order valence-corrected chi connectivity index (χ4v) is 4.22. The van der Waals surface area contributed by atoms with Crippen LogP contribution in [0.15, 0.2) is 65.2 Å². The Balaban J connectivity index is 1.94. The molecule has 0 bridgehead atoms. The molecular weight excluding hydrogens is 366 g/mol. The van der Waals surface area contributed by atoms with Crippen LogP contribution in [-0.4, -0.2) is 20.4 Å². The summed E-state index contributed by atoms with van der Waals surface area (Å²) >= 11 is 1.35. The zero-order chi connectivity index (χ0) is 18.5. The van der Waals surface area contributed by atoms with Crippen molar-refractivity contribution >= 4 is 45.6 Å². The lowest BCUT2D eigenvalue weighted by Crippen LogP contribution is -2.11. The fourth-order valence-electron chi connectivity index (χ4n) is 3.27. The number of fused-ring (bicyclic) bond motifs is 4. The Morgan fingerprint density at radius 1 is 1.04 bits per heavy atom. The second kappa shape index (κ2) is 5.92. The van der Waals surface area contributed by atoms with Gasteiger partial charge in [-0.3, -0.25) is 9.79 Å². The van der Waals surface area contributed by atoms with E-state index in [4.69, 9.17) is 18.3 Å². The zero-order valence-electron chi connectivity index (χ0n) is 14.4. The highest BCUT2D eigenvalue weighted by Gasteiger charge is 2.26. The number of hydrogen-bond acceptors (Lipinski definition) is 7. The molecule has 5 rings (SSSR count). The maximum Gasteiger partial charge on any atom is 0.206 e. The van der Waals surface area contributed by atoms with E-state index >= 15 is 0 Å². The molecule has 0 radical (unpaired) electrons. The molecule has 2 aromatic carbocycles. The lowest BCUT2D eigenvalue weighted by Gasteiger charge is -2.12. The Hall–Kier alpha value is -3.19. The van der Waals surface area contributed by atoms with Crippen molar-refractivity contribution in [1.82, 2.24) is 0 Å². The van der Waals surface area contributed by atoms with Crippen LogP contribution in [0.3, 0.4) is 0 Å². The summed E-state index contributed by atoms with van der Waals surface area (Å²) in [7, 11) is 3.02. The van der Waals surface area contributed by atoms with E-state index in [9.17, 15) is 4.79 Å². The molecule has 0 fully saturated rings. The highest BCUT2D eigenvalue weighted by atomic mass is 32.2. The molecule has 0 aliphatic carbocycles. The fraction of sp³-hybridized carbons (Fsp3) is 0.100. The Kier molecular flexibility index (Phi) is 3.51. The van der Waals surface area contributed by atoms with Gasteiger partial charge in [-0.15, -0.1) is 0 Å². The Morgan fingerprint density at radius 3 is 2.67 bits per heavy atom. The van der Waals surface area contributed by atoms with Gasteiger partial charge in [-0.2, -0.15) is 0 Å². The molecule has 134 valence electrons. The van der Waals surface area contributed by atoms with Gasteiger partial charge in [-0.1, -0.05) is 12.1 Å². The predicted octanol–water partition coefficient (Wildman–Crippen LogP) is 4.77. The Bertz CT molecular complexity index is 1300. The van der Waals surface area contributed by atoms with E-state index in [0.29, 0.717) is 44.1 Å². The summed E-state index contributed by atoms with van der Waals surface area (Å²) in [6, 6.07) is 9.38. The van der Waals surface area contributed by atoms with Crippen molar-refractivity contribution in [3.63, 3.8) is 0 Å². The summed E-state index contributed by atoms with van der Waals surface area (Å²) in [5.74, 6) is 0.757. The maximum atomic E-state index is 13.4. The second-order valence-electron chi connectivity index (χ2n) is 5.89. The van der Waals surface area contributed by atoms with Gasteiger partial charge in [0.25, 0.3) is 0 Å². The summed E-state index contributed by atoms with van der Waals surface area (Å²) in [6.07, 6.45) is 3.07. The van der Waals surface area contributed by atoms with Crippen LogP contribution < -0.4 is 14.9 Å². The standard InChI is InChI=1S/C20H13NO5S/c1-23-16-10-7-8-25-17(10)19(24-2)18-14(16)15(22)11-9-21-12-5-3-4-6-13(12)27-20(11)26-18/h3-9H,1-2H3. The molecule has 0 unspecified atom stereocenters. The second-order valence-corrected chi connectivity index (χ2v) is 6.91. The highest BCUT2D eigenvalue weighted by Crippen LogP contribution is 2.45. The predicted molar refractivity (Wildman–Crippen MR) is 103 cm³/mol. The number of para-hydroxylation sites is 1. The highest BCUT2D eigenvalue weighted by molar-refractivity contribution is 7.99. The van der Waals surface area contributed by atoms with Crippen molar-refractivity contribution in [3.05, 3.63) is 52.4 Å². The average Bonchev–Trinajstić information content (AvgIpc) is 3.08. The van der Waals surface area contributed by atoms with E-state index in [1.54, 1.807) is 12.3 Å². The van der Waals surface area contributed by atoms with E-state index in [0.717, 1.165) is 10.6 Å². The lowest BCUT2D eigenvalue weighted by molar-refractivity contribution is 0.392. The molecule has 0 saturated carbocycles. The first-order valence-corrected chi connectivity index (χ1v) is 8.97. The number of nitrogens with zero attached hydrogens (tertiary/aromatic N) is 1. The molecule has 1 aliphatic heterocycles. The third-order valence-corrected chi connectivity index (χ3v) is 5.53. The van der Waals surface area contributed by atoms with Crippen LogP contribution >= 0.6 is 11.8 Å². The van der Waals surface area contributed by atoms with Crippen LogP contribution in [0.1, 0.15) is 5.56 Å².